The Bertz CT molecular complexity index is 1450. The molecule has 0 spiro atoms. The van der Waals surface area contributed by atoms with Crippen LogP contribution in [0.1, 0.15) is 52.5 Å². The molecule has 0 unspecified atom stereocenters. The van der Waals surface area contributed by atoms with Gasteiger partial charge in [0.2, 0.25) is 34.7 Å². The first-order valence-electron chi connectivity index (χ1n) is 14.8. The molecule has 0 aliphatic rings. The second kappa shape index (κ2) is 17.8. The van der Waals surface area contributed by atoms with E-state index < -0.39 is 83.7 Å². The number of carboxylic acid groups (broad SMARTS) is 1. The Labute approximate surface area is 272 Å². The predicted molar refractivity (Wildman–Crippen MR) is 173 cm³/mol. The second-order valence-electron chi connectivity index (χ2n) is 11.2. The van der Waals surface area contributed by atoms with Gasteiger partial charge in [-0.05, 0) is 36.6 Å². The maximum atomic E-state index is 13.6. The molecule has 0 fully saturated rings. The average Bonchev–Trinajstić information content (AvgIpc) is 2.97. The van der Waals surface area contributed by atoms with Crippen LogP contribution in [0.15, 0.2) is 42.5 Å². The Morgan fingerprint density at radius 1 is 0.739 bits per heavy atom. The SMILES string of the molecule is CC(C)N[C@H](C)C(=O)N[C@@H](CC(N)=O)C(=O)N[C@@H](CCC(=O)O)C(=O)N[C@@H](Cc1cccc2ccccc12)C(=O)N[C@@H](C)C(=O)S. The zero-order valence-electron chi connectivity index (χ0n) is 26.2. The number of benzene rings is 2. The summed E-state index contributed by atoms with van der Waals surface area (Å²) in [5.74, 6) is -5.35. The van der Waals surface area contributed by atoms with E-state index in [1.807, 2.05) is 44.2 Å². The molecule has 5 atom stereocenters. The molecular weight excluding hydrogens is 616 g/mol. The number of carbonyl (C=O) groups is 7. The van der Waals surface area contributed by atoms with Crippen LogP contribution in [-0.2, 0) is 40.0 Å². The largest absolute Gasteiger partial charge is 0.481 e. The van der Waals surface area contributed by atoms with Gasteiger partial charge in [0.25, 0.3) is 0 Å². The quantitative estimate of drug-likeness (QED) is 0.100. The van der Waals surface area contributed by atoms with Crippen molar-refractivity contribution in [2.45, 2.75) is 89.6 Å². The normalized spacial score (nSPS) is 14.3. The molecule has 2 aromatic carbocycles. The first-order chi connectivity index (χ1) is 21.6. The topological polar surface area (TPSA) is 226 Å². The Morgan fingerprint density at radius 2 is 1.30 bits per heavy atom. The molecule has 5 amide bonds. The van der Waals surface area contributed by atoms with Crippen molar-refractivity contribution in [3.63, 3.8) is 0 Å². The van der Waals surface area contributed by atoms with Gasteiger partial charge in [0.05, 0.1) is 18.5 Å². The van der Waals surface area contributed by atoms with E-state index in [0.717, 1.165) is 10.8 Å². The lowest BCUT2D eigenvalue weighted by Crippen LogP contribution is -2.59. The third-order valence-corrected chi connectivity index (χ3v) is 7.35. The molecule has 14 nitrogen and oxygen atoms in total. The molecule has 0 aliphatic carbocycles. The zero-order chi connectivity index (χ0) is 34.6. The first kappa shape index (κ1) is 37.7. The minimum atomic E-state index is -1.49. The first-order valence-corrected chi connectivity index (χ1v) is 15.2. The van der Waals surface area contributed by atoms with Crippen LogP contribution in [0.5, 0.6) is 0 Å². The number of nitrogens with one attached hydrogen (secondary N) is 5. The lowest BCUT2D eigenvalue weighted by molar-refractivity contribution is -0.138. The van der Waals surface area contributed by atoms with E-state index in [4.69, 9.17) is 5.73 Å². The van der Waals surface area contributed by atoms with Crippen LogP contribution in [0.3, 0.4) is 0 Å². The van der Waals surface area contributed by atoms with Gasteiger partial charge >= 0.3 is 5.97 Å². The molecule has 0 radical (unpaired) electrons. The minimum absolute atomic E-state index is 0.0207. The number of aliphatic carboxylic acids is 1. The molecule has 0 saturated carbocycles. The lowest BCUT2D eigenvalue weighted by Gasteiger charge is -2.26. The van der Waals surface area contributed by atoms with Crippen LogP contribution in [0.2, 0.25) is 0 Å². The Morgan fingerprint density at radius 3 is 1.91 bits per heavy atom. The van der Waals surface area contributed by atoms with E-state index in [2.05, 4.69) is 39.2 Å². The molecule has 2 aromatic rings. The van der Waals surface area contributed by atoms with Crippen LogP contribution in [0.25, 0.3) is 10.8 Å². The Hall–Kier alpha value is -4.50. The van der Waals surface area contributed by atoms with E-state index in [-0.39, 0.29) is 18.9 Å². The number of rotatable bonds is 18. The molecule has 0 aliphatic heterocycles. The van der Waals surface area contributed by atoms with Gasteiger partial charge in [0.15, 0.2) is 0 Å². The summed E-state index contributed by atoms with van der Waals surface area (Å²) < 4.78 is 0. The fourth-order valence-electron chi connectivity index (χ4n) is 4.64. The lowest BCUT2D eigenvalue weighted by atomic mass is 9.97. The van der Waals surface area contributed by atoms with E-state index >= 15 is 0 Å². The third kappa shape index (κ3) is 12.1. The molecular formula is C31H42N6O8S. The zero-order valence-corrected chi connectivity index (χ0v) is 27.1. The van der Waals surface area contributed by atoms with Crippen molar-refractivity contribution >= 4 is 64.0 Å². The summed E-state index contributed by atoms with van der Waals surface area (Å²) in [7, 11) is 0. The maximum Gasteiger partial charge on any atom is 0.303 e. The molecule has 0 bridgehead atoms. The van der Waals surface area contributed by atoms with Gasteiger partial charge in [-0.25, -0.2) is 0 Å². The van der Waals surface area contributed by atoms with Gasteiger partial charge in [0.1, 0.15) is 18.1 Å². The highest BCUT2D eigenvalue weighted by Gasteiger charge is 2.32. The van der Waals surface area contributed by atoms with Crippen LogP contribution < -0.4 is 32.3 Å². The number of amides is 5. The predicted octanol–water partition coefficient (Wildman–Crippen LogP) is -0.0755. The third-order valence-electron chi connectivity index (χ3n) is 6.96. The number of primary amides is 1. The highest BCUT2D eigenvalue weighted by molar-refractivity contribution is 7.96. The number of carbonyl (C=O) groups excluding carboxylic acids is 6. The molecule has 250 valence electrons. The summed E-state index contributed by atoms with van der Waals surface area (Å²) in [5, 5.41) is 23.3. The monoisotopic (exact) mass is 658 g/mol. The molecule has 0 aromatic heterocycles. The van der Waals surface area contributed by atoms with Crippen LogP contribution in [0, 0.1) is 0 Å². The minimum Gasteiger partial charge on any atom is -0.481 e. The van der Waals surface area contributed by atoms with Gasteiger partial charge in [-0.15, -0.1) is 12.6 Å². The summed E-state index contributed by atoms with van der Waals surface area (Å²) in [4.78, 5) is 87.8. The molecule has 8 N–H and O–H groups in total. The van der Waals surface area contributed by atoms with Crippen LogP contribution >= 0.6 is 12.6 Å². The van der Waals surface area contributed by atoms with E-state index in [1.165, 1.54) is 6.92 Å². The summed E-state index contributed by atoms with van der Waals surface area (Å²) in [6.07, 6.45) is -1.54. The second-order valence-corrected chi connectivity index (χ2v) is 11.7. The summed E-state index contributed by atoms with van der Waals surface area (Å²) in [6, 6.07) is 6.82. The maximum absolute atomic E-state index is 13.6. The van der Waals surface area contributed by atoms with Crippen molar-refractivity contribution in [3.05, 3.63) is 48.0 Å². The van der Waals surface area contributed by atoms with Crippen molar-refractivity contribution in [1.29, 1.82) is 0 Å². The molecule has 2 rings (SSSR count). The molecule has 0 heterocycles. The van der Waals surface area contributed by atoms with E-state index in [9.17, 15) is 38.7 Å². The van der Waals surface area contributed by atoms with Crippen molar-refractivity contribution in [3.8, 4) is 0 Å². The number of carboxylic acids is 1. The van der Waals surface area contributed by atoms with E-state index in [0.29, 0.717) is 5.56 Å². The summed E-state index contributed by atoms with van der Waals surface area (Å²) in [5.41, 5.74) is 6.01. The fraction of sp³-hybridized carbons (Fsp3) is 0.452. The van der Waals surface area contributed by atoms with Crippen molar-refractivity contribution in [1.82, 2.24) is 26.6 Å². The number of nitrogens with two attached hydrogens (primary N) is 1. The van der Waals surface area contributed by atoms with Gasteiger partial charge in [-0.1, -0.05) is 56.3 Å². The highest BCUT2D eigenvalue weighted by atomic mass is 32.1. The van der Waals surface area contributed by atoms with Gasteiger partial charge in [-0.3, -0.25) is 33.6 Å². The van der Waals surface area contributed by atoms with Gasteiger partial charge < -0.3 is 37.4 Å². The van der Waals surface area contributed by atoms with Crippen molar-refractivity contribution in [2.75, 3.05) is 0 Å². The number of thiol groups is 1. The molecule has 46 heavy (non-hydrogen) atoms. The number of hydrogen-bond acceptors (Lipinski definition) is 8. The van der Waals surface area contributed by atoms with Crippen LogP contribution in [0.4, 0.5) is 0 Å². The Balaban J connectivity index is 2.37. The highest BCUT2D eigenvalue weighted by Crippen LogP contribution is 2.20. The standard InChI is InChI=1S/C31H42N6O8S/c1-16(2)33-17(3)27(41)36-24(15-25(32)38)30(44)35-22(12-13-26(39)40)28(42)37-23(29(43)34-18(4)31(45)46)14-20-10-7-9-19-8-5-6-11-21(19)20/h5-11,16-18,22-24,33H,12-15H2,1-4H3,(H2,32,38)(H,34,43)(H,35,44)(H,36,41)(H,37,42)(H,39,40)(H,45,46)/t17-,18+,22+,23+,24+/m1/s1. The number of fused-ring (bicyclic) bond motifs is 1. The molecule has 0 saturated heterocycles. The van der Waals surface area contributed by atoms with Gasteiger partial charge in [-0.2, -0.15) is 0 Å². The van der Waals surface area contributed by atoms with E-state index in [1.54, 1.807) is 19.1 Å². The fourth-order valence-corrected chi connectivity index (χ4v) is 4.70. The van der Waals surface area contributed by atoms with Crippen molar-refractivity contribution in [2.24, 2.45) is 5.73 Å². The van der Waals surface area contributed by atoms with Gasteiger partial charge in [0, 0.05) is 18.9 Å². The molecule has 15 heteroatoms. The summed E-state index contributed by atoms with van der Waals surface area (Å²) >= 11 is 3.75. The van der Waals surface area contributed by atoms with Crippen LogP contribution in [-0.4, -0.2) is 82.0 Å². The van der Waals surface area contributed by atoms with Crippen molar-refractivity contribution < 1.29 is 38.7 Å². The average molecular weight is 659 g/mol. The Kier molecular flexibility index (Phi) is 14.6. The smallest absolute Gasteiger partial charge is 0.303 e. The summed E-state index contributed by atoms with van der Waals surface area (Å²) in [6.45, 7) is 6.60. The number of hydrogen-bond donors (Lipinski definition) is 8.